The Morgan fingerprint density at radius 3 is 2.27 bits per heavy atom. The molecule has 1 saturated heterocycles. The van der Waals surface area contributed by atoms with Crippen molar-refractivity contribution in [2.75, 3.05) is 33.0 Å². The molecule has 1 fully saturated rings. The van der Waals surface area contributed by atoms with E-state index < -0.39 is 12.0 Å². The second-order valence-corrected chi connectivity index (χ2v) is 9.81. The van der Waals surface area contributed by atoms with Crippen molar-refractivity contribution in [2.24, 2.45) is 0 Å². The number of carboxylic acids is 1. The van der Waals surface area contributed by atoms with Gasteiger partial charge in [-0.3, -0.25) is 19.4 Å². The molecule has 2 aromatic rings. The summed E-state index contributed by atoms with van der Waals surface area (Å²) in [7, 11) is 0. The summed E-state index contributed by atoms with van der Waals surface area (Å²) in [6.45, 7) is 10.1. The first-order valence-corrected chi connectivity index (χ1v) is 11.4. The SMILES string of the molecule is CC(C)(C)c1ccc(C(=O)C[C@H](C(=O)O)N2CCN(Cc3ccc4c(c3)OCO4)CC2)cc1. The first-order chi connectivity index (χ1) is 15.7. The Labute approximate surface area is 194 Å². The number of benzene rings is 2. The van der Waals surface area contributed by atoms with Crippen molar-refractivity contribution < 1.29 is 24.2 Å². The zero-order valence-corrected chi connectivity index (χ0v) is 19.5. The van der Waals surface area contributed by atoms with Crippen molar-refractivity contribution in [1.82, 2.24) is 9.80 Å². The predicted molar refractivity (Wildman–Crippen MR) is 125 cm³/mol. The van der Waals surface area contributed by atoms with Crippen LogP contribution in [0, 0.1) is 0 Å². The topological polar surface area (TPSA) is 79.3 Å². The normalized spacial score (nSPS) is 17.7. The first kappa shape index (κ1) is 23.3. The summed E-state index contributed by atoms with van der Waals surface area (Å²) < 4.78 is 10.8. The van der Waals surface area contributed by atoms with Gasteiger partial charge < -0.3 is 14.6 Å². The van der Waals surface area contributed by atoms with Crippen molar-refractivity contribution in [2.45, 2.75) is 45.2 Å². The Kier molecular flexibility index (Phi) is 6.72. The largest absolute Gasteiger partial charge is 0.480 e. The van der Waals surface area contributed by atoms with Crippen molar-refractivity contribution in [1.29, 1.82) is 0 Å². The average Bonchev–Trinajstić information content (AvgIpc) is 3.25. The van der Waals surface area contributed by atoms with E-state index in [4.69, 9.17) is 9.47 Å². The maximum atomic E-state index is 12.8. The van der Waals surface area contributed by atoms with Crippen molar-refractivity contribution in [3.8, 4) is 11.5 Å². The highest BCUT2D eigenvalue weighted by molar-refractivity contribution is 5.98. The van der Waals surface area contributed by atoms with Gasteiger partial charge in [-0.1, -0.05) is 51.1 Å². The molecule has 2 aliphatic rings. The molecule has 33 heavy (non-hydrogen) atoms. The van der Waals surface area contributed by atoms with E-state index in [0.29, 0.717) is 18.7 Å². The summed E-state index contributed by atoms with van der Waals surface area (Å²) in [6.07, 6.45) is -0.0215. The molecule has 0 aliphatic carbocycles. The molecule has 0 spiro atoms. The van der Waals surface area contributed by atoms with Crippen LogP contribution in [-0.4, -0.2) is 65.7 Å². The van der Waals surface area contributed by atoms with Crippen LogP contribution in [0.2, 0.25) is 0 Å². The van der Waals surface area contributed by atoms with Crippen LogP contribution >= 0.6 is 0 Å². The van der Waals surface area contributed by atoms with E-state index in [1.165, 1.54) is 0 Å². The van der Waals surface area contributed by atoms with E-state index in [1.54, 1.807) is 0 Å². The lowest BCUT2D eigenvalue weighted by Crippen LogP contribution is -2.52. The molecule has 2 aromatic carbocycles. The zero-order chi connectivity index (χ0) is 23.6. The number of hydrogen-bond acceptors (Lipinski definition) is 6. The van der Waals surface area contributed by atoms with Gasteiger partial charge in [0.1, 0.15) is 6.04 Å². The van der Waals surface area contributed by atoms with Crippen LogP contribution in [0.3, 0.4) is 0 Å². The third kappa shape index (κ3) is 5.54. The average molecular weight is 453 g/mol. The van der Waals surface area contributed by atoms with Gasteiger partial charge >= 0.3 is 5.97 Å². The van der Waals surface area contributed by atoms with Crippen LogP contribution < -0.4 is 9.47 Å². The molecule has 7 nitrogen and oxygen atoms in total. The molecule has 1 N–H and O–H groups in total. The number of carbonyl (C=O) groups is 2. The Morgan fingerprint density at radius 2 is 1.64 bits per heavy atom. The number of Topliss-reactive ketones (excluding diaryl/α,β-unsaturated/α-hetero) is 1. The summed E-state index contributed by atoms with van der Waals surface area (Å²) in [6, 6.07) is 12.7. The second-order valence-electron chi connectivity index (χ2n) is 9.81. The highest BCUT2D eigenvalue weighted by atomic mass is 16.7. The quantitative estimate of drug-likeness (QED) is 0.644. The molecule has 0 aromatic heterocycles. The van der Waals surface area contributed by atoms with E-state index in [-0.39, 0.29) is 24.4 Å². The molecule has 0 bridgehead atoms. The van der Waals surface area contributed by atoms with Gasteiger partial charge in [-0.15, -0.1) is 0 Å². The fourth-order valence-electron chi connectivity index (χ4n) is 4.35. The van der Waals surface area contributed by atoms with E-state index in [9.17, 15) is 14.7 Å². The minimum absolute atomic E-state index is 0.00541. The molecule has 0 unspecified atom stereocenters. The number of nitrogens with zero attached hydrogens (tertiary/aromatic N) is 2. The number of aliphatic carboxylic acids is 1. The molecular formula is C26H32N2O5. The maximum Gasteiger partial charge on any atom is 0.321 e. The van der Waals surface area contributed by atoms with Crippen LogP contribution in [0.25, 0.3) is 0 Å². The highest BCUT2D eigenvalue weighted by Gasteiger charge is 2.31. The lowest BCUT2D eigenvalue weighted by molar-refractivity contribution is -0.144. The number of ether oxygens (including phenoxy) is 2. The maximum absolute atomic E-state index is 12.8. The van der Waals surface area contributed by atoms with Crippen LogP contribution in [0.15, 0.2) is 42.5 Å². The zero-order valence-electron chi connectivity index (χ0n) is 19.5. The monoisotopic (exact) mass is 452 g/mol. The van der Waals surface area contributed by atoms with Crippen LogP contribution in [0.1, 0.15) is 48.7 Å². The van der Waals surface area contributed by atoms with Gasteiger partial charge in [0.15, 0.2) is 17.3 Å². The van der Waals surface area contributed by atoms with Crippen molar-refractivity contribution in [3.05, 3.63) is 59.2 Å². The Balaban J connectivity index is 1.33. The molecule has 4 rings (SSSR count). The van der Waals surface area contributed by atoms with Gasteiger partial charge in [-0.2, -0.15) is 0 Å². The summed E-state index contributed by atoms with van der Waals surface area (Å²) in [5, 5.41) is 9.83. The first-order valence-electron chi connectivity index (χ1n) is 11.4. The highest BCUT2D eigenvalue weighted by Crippen LogP contribution is 2.33. The number of hydrogen-bond donors (Lipinski definition) is 1. The van der Waals surface area contributed by atoms with Gasteiger partial charge in [-0.05, 0) is 28.7 Å². The van der Waals surface area contributed by atoms with Crippen molar-refractivity contribution >= 4 is 11.8 Å². The minimum Gasteiger partial charge on any atom is -0.480 e. The van der Waals surface area contributed by atoms with Crippen LogP contribution in [-0.2, 0) is 16.8 Å². The van der Waals surface area contributed by atoms with Crippen LogP contribution in [0.4, 0.5) is 0 Å². The molecule has 0 amide bonds. The van der Waals surface area contributed by atoms with Gasteiger partial charge in [0.25, 0.3) is 0 Å². The number of piperazine rings is 1. The standard InChI is InChI=1S/C26H32N2O5/c1-26(2,3)20-7-5-19(6-8-20)22(29)15-21(25(30)31)28-12-10-27(11-13-28)16-18-4-9-23-24(14-18)33-17-32-23/h4-9,14,21H,10-13,15-17H2,1-3H3,(H,30,31)/t21-/m1/s1. The number of carbonyl (C=O) groups excluding carboxylic acids is 1. The molecule has 0 saturated carbocycles. The summed E-state index contributed by atoms with van der Waals surface area (Å²) >= 11 is 0. The second kappa shape index (κ2) is 9.53. The van der Waals surface area contributed by atoms with E-state index >= 15 is 0 Å². The lowest BCUT2D eigenvalue weighted by atomic mass is 9.86. The van der Waals surface area contributed by atoms with Gasteiger partial charge in [0.05, 0.1) is 0 Å². The molecule has 2 aliphatic heterocycles. The number of rotatable bonds is 7. The summed E-state index contributed by atoms with van der Waals surface area (Å²) in [4.78, 5) is 29.0. The predicted octanol–water partition coefficient (Wildman–Crippen LogP) is 3.56. The fourth-order valence-corrected chi connectivity index (χ4v) is 4.35. The smallest absolute Gasteiger partial charge is 0.321 e. The Bertz CT molecular complexity index is 1000. The third-order valence-corrected chi connectivity index (χ3v) is 6.43. The third-order valence-electron chi connectivity index (χ3n) is 6.43. The summed E-state index contributed by atoms with van der Waals surface area (Å²) in [5.41, 5.74) is 2.85. The van der Waals surface area contributed by atoms with Crippen LogP contribution in [0.5, 0.6) is 11.5 Å². The summed E-state index contributed by atoms with van der Waals surface area (Å²) in [5.74, 6) is 0.459. The van der Waals surface area contributed by atoms with Gasteiger partial charge in [-0.25, -0.2) is 0 Å². The molecule has 1 atom stereocenters. The molecule has 7 heteroatoms. The number of carboxylic acid groups (broad SMARTS) is 1. The fraction of sp³-hybridized carbons (Fsp3) is 0.462. The van der Waals surface area contributed by atoms with Crippen molar-refractivity contribution in [3.63, 3.8) is 0 Å². The van der Waals surface area contributed by atoms with Gasteiger partial charge in [0, 0.05) is 44.7 Å². The Hall–Kier alpha value is -2.90. The molecule has 0 radical (unpaired) electrons. The lowest BCUT2D eigenvalue weighted by Gasteiger charge is -2.37. The Morgan fingerprint density at radius 1 is 0.970 bits per heavy atom. The molecular weight excluding hydrogens is 420 g/mol. The minimum atomic E-state index is -0.945. The van der Waals surface area contributed by atoms with E-state index in [2.05, 4.69) is 25.7 Å². The van der Waals surface area contributed by atoms with E-state index in [1.807, 2.05) is 47.4 Å². The van der Waals surface area contributed by atoms with E-state index in [0.717, 1.165) is 42.3 Å². The number of ketones is 1. The molecule has 2 heterocycles. The molecule has 176 valence electrons. The number of fused-ring (bicyclic) bond motifs is 1. The van der Waals surface area contributed by atoms with Gasteiger partial charge in [0.2, 0.25) is 6.79 Å².